The third-order valence-corrected chi connectivity index (χ3v) is 3.88. The van der Waals surface area contributed by atoms with Gasteiger partial charge in [-0.1, -0.05) is 24.3 Å². The molecule has 3 aromatic rings. The molecule has 0 saturated carbocycles. The van der Waals surface area contributed by atoms with Crippen molar-refractivity contribution >= 4 is 22.6 Å². The number of para-hydroxylation sites is 1. The van der Waals surface area contributed by atoms with E-state index in [0.29, 0.717) is 18.0 Å². The molecule has 0 atom stereocenters. The summed E-state index contributed by atoms with van der Waals surface area (Å²) in [6, 6.07) is 13.0. The smallest absolute Gasteiger partial charge is 0.252 e. The van der Waals surface area contributed by atoms with Crippen molar-refractivity contribution in [3.05, 3.63) is 59.8 Å². The van der Waals surface area contributed by atoms with Crippen LogP contribution in [0.25, 0.3) is 10.9 Å². The van der Waals surface area contributed by atoms with Crippen LogP contribution in [0.4, 0.5) is 5.82 Å². The van der Waals surface area contributed by atoms with Gasteiger partial charge >= 0.3 is 0 Å². The molecule has 0 aliphatic heterocycles. The molecule has 6 heteroatoms. The maximum Gasteiger partial charge on any atom is 0.252 e. The summed E-state index contributed by atoms with van der Waals surface area (Å²) in [5.41, 5.74) is 2.21. The number of benzene rings is 1. The van der Waals surface area contributed by atoms with Crippen LogP contribution < -0.4 is 15.0 Å². The van der Waals surface area contributed by atoms with Gasteiger partial charge in [0.15, 0.2) is 0 Å². The lowest BCUT2D eigenvalue weighted by atomic mass is 10.1. The zero-order chi connectivity index (χ0) is 17.8. The number of methoxy groups -OCH3 is 1. The van der Waals surface area contributed by atoms with Crippen LogP contribution in [-0.2, 0) is 6.54 Å². The average molecular weight is 336 g/mol. The minimum absolute atomic E-state index is 0.176. The van der Waals surface area contributed by atoms with Crippen LogP contribution in [0.1, 0.15) is 15.9 Å². The fourth-order valence-corrected chi connectivity index (χ4v) is 2.69. The first-order valence-corrected chi connectivity index (χ1v) is 7.93. The van der Waals surface area contributed by atoms with Gasteiger partial charge in [-0.25, -0.2) is 9.97 Å². The Morgan fingerprint density at radius 1 is 1.20 bits per heavy atom. The highest BCUT2D eigenvalue weighted by Crippen LogP contribution is 2.22. The summed E-state index contributed by atoms with van der Waals surface area (Å²) in [5, 5.41) is 3.76. The number of amides is 1. The maximum absolute atomic E-state index is 12.8. The van der Waals surface area contributed by atoms with Gasteiger partial charge in [-0.15, -0.1) is 0 Å². The number of rotatable bonds is 5. The molecule has 128 valence electrons. The number of carbonyl (C=O) groups excluding carboxylic acids is 1. The number of carbonyl (C=O) groups is 1. The van der Waals surface area contributed by atoms with Gasteiger partial charge in [0.05, 0.1) is 18.2 Å². The fraction of sp³-hybridized carbons (Fsp3) is 0.211. The van der Waals surface area contributed by atoms with Crippen molar-refractivity contribution in [2.75, 3.05) is 26.1 Å². The average Bonchev–Trinajstić information content (AvgIpc) is 2.65. The van der Waals surface area contributed by atoms with Crippen LogP contribution in [0.3, 0.4) is 0 Å². The van der Waals surface area contributed by atoms with E-state index in [1.165, 1.54) is 7.11 Å². The maximum atomic E-state index is 12.8. The molecule has 25 heavy (non-hydrogen) atoms. The summed E-state index contributed by atoms with van der Waals surface area (Å²) in [6.07, 6.45) is 1.74. The molecule has 0 radical (unpaired) electrons. The Labute approximate surface area is 146 Å². The summed E-state index contributed by atoms with van der Waals surface area (Å²) in [5.74, 6) is 1.07. The molecule has 0 saturated heterocycles. The Morgan fingerprint density at radius 2 is 2.00 bits per heavy atom. The molecule has 1 aromatic carbocycles. The van der Waals surface area contributed by atoms with Crippen LogP contribution in [0, 0.1) is 0 Å². The number of pyridine rings is 2. The van der Waals surface area contributed by atoms with Crippen molar-refractivity contribution in [1.82, 2.24) is 15.3 Å². The second kappa shape index (κ2) is 7.17. The number of fused-ring (bicyclic) bond motifs is 1. The molecule has 0 aliphatic carbocycles. The zero-order valence-electron chi connectivity index (χ0n) is 14.5. The predicted octanol–water partition coefficient (Wildman–Crippen LogP) is 2.63. The van der Waals surface area contributed by atoms with E-state index in [2.05, 4.69) is 15.3 Å². The number of ether oxygens (including phenoxy) is 1. The van der Waals surface area contributed by atoms with E-state index in [4.69, 9.17) is 4.74 Å². The van der Waals surface area contributed by atoms with E-state index in [1.807, 2.05) is 55.4 Å². The van der Waals surface area contributed by atoms with E-state index in [1.54, 1.807) is 12.3 Å². The van der Waals surface area contributed by atoms with Crippen molar-refractivity contribution in [3.8, 4) is 5.88 Å². The predicted molar refractivity (Wildman–Crippen MR) is 98.0 cm³/mol. The van der Waals surface area contributed by atoms with Gasteiger partial charge in [-0.2, -0.15) is 0 Å². The molecular weight excluding hydrogens is 316 g/mol. The third kappa shape index (κ3) is 3.52. The first-order valence-electron chi connectivity index (χ1n) is 7.93. The molecule has 0 bridgehead atoms. The van der Waals surface area contributed by atoms with Crippen LogP contribution >= 0.6 is 0 Å². The lowest BCUT2D eigenvalue weighted by molar-refractivity contribution is 0.0952. The Balaban J connectivity index is 1.88. The highest BCUT2D eigenvalue weighted by molar-refractivity contribution is 6.06. The minimum atomic E-state index is -0.176. The van der Waals surface area contributed by atoms with Gasteiger partial charge < -0.3 is 15.0 Å². The Kier molecular flexibility index (Phi) is 4.79. The number of anilines is 1. The molecule has 3 rings (SSSR count). The van der Waals surface area contributed by atoms with Crippen molar-refractivity contribution in [2.24, 2.45) is 0 Å². The van der Waals surface area contributed by atoms with Gasteiger partial charge in [-0.05, 0) is 12.1 Å². The first kappa shape index (κ1) is 16.7. The van der Waals surface area contributed by atoms with Crippen LogP contribution in [0.15, 0.2) is 48.7 Å². The zero-order valence-corrected chi connectivity index (χ0v) is 14.5. The highest BCUT2D eigenvalue weighted by Gasteiger charge is 2.14. The van der Waals surface area contributed by atoms with Crippen molar-refractivity contribution < 1.29 is 9.53 Å². The quantitative estimate of drug-likeness (QED) is 0.776. The van der Waals surface area contributed by atoms with Crippen molar-refractivity contribution in [1.29, 1.82) is 0 Å². The molecule has 0 unspecified atom stereocenters. The van der Waals surface area contributed by atoms with E-state index in [0.717, 1.165) is 22.3 Å². The summed E-state index contributed by atoms with van der Waals surface area (Å²) in [6.45, 7) is 0.388. The second-order valence-corrected chi connectivity index (χ2v) is 5.79. The number of nitrogens with one attached hydrogen (secondary N) is 1. The normalized spacial score (nSPS) is 10.5. The molecule has 2 heterocycles. The van der Waals surface area contributed by atoms with E-state index >= 15 is 0 Å². The minimum Gasteiger partial charge on any atom is -0.481 e. The van der Waals surface area contributed by atoms with Gasteiger partial charge in [0.25, 0.3) is 5.91 Å². The molecule has 1 amide bonds. The summed E-state index contributed by atoms with van der Waals surface area (Å²) >= 11 is 0. The van der Waals surface area contributed by atoms with Gasteiger partial charge in [-0.3, -0.25) is 4.79 Å². The van der Waals surface area contributed by atoms with Gasteiger partial charge in [0.2, 0.25) is 5.88 Å². The molecule has 2 aromatic heterocycles. The third-order valence-electron chi connectivity index (χ3n) is 3.88. The Hall–Kier alpha value is -3.15. The number of hydrogen-bond donors (Lipinski definition) is 1. The molecular formula is C19H20N4O2. The number of nitrogens with zero attached hydrogens (tertiary/aromatic N) is 3. The summed E-state index contributed by atoms with van der Waals surface area (Å²) < 4.78 is 5.22. The largest absolute Gasteiger partial charge is 0.481 e. The van der Waals surface area contributed by atoms with Crippen LogP contribution in [-0.4, -0.2) is 37.1 Å². The molecule has 0 fully saturated rings. The lowest BCUT2D eigenvalue weighted by Gasteiger charge is -2.16. The van der Waals surface area contributed by atoms with Gasteiger partial charge in [0.1, 0.15) is 5.82 Å². The molecule has 1 N–H and O–H groups in total. The topological polar surface area (TPSA) is 67.3 Å². The molecule has 6 nitrogen and oxygen atoms in total. The van der Waals surface area contributed by atoms with E-state index < -0.39 is 0 Å². The van der Waals surface area contributed by atoms with E-state index in [9.17, 15) is 4.79 Å². The Bertz CT molecular complexity index is 909. The monoisotopic (exact) mass is 336 g/mol. The van der Waals surface area contributed by atoms with Crippen LogP contribution in [0.2, 0.25) is 0 Å². The number of hydrogen-bond acceptors (Lipinski definition) is 5. The van der Waals surface area contributed by atoms with Crippen LogP contribution in [0.5, 0.6) is 5.88 Å². The van der Waals surface area contributed by atoms with Gasteiger partial charge in [0, 0.05) is 43.9 Å². The molecule has 0 spiro atoms. The fourth-order valence-electron chi connectivity index (χ4n) is 2.69. The first-order chi connectivity index (χ1) is 12.1. The van der Waals surface area contributed by atoms with Crippen molar-refractivity contribution in [3.63, 3.8) is 0 Å². The van der Waals surface area contributed by atoms with Crippen molar-refractivity contribution in [2.45, 2.75) is 6.54 Å². The second-order valence-electron chi connectivity index (χ2n) is 5.79. The lowest BCUT2D eigenvalue weighted by Crippen LogP contribution is -2.25. The van der Waals surface area contributed by atoms with E-state index in [-0.39, 0.29) is 5.91 Å². The summed E-state index contributed by atoms with van der Waals surface area (Å²) in [4.78, 5) is 23.4. The Morgan fingerprint density at radius 3 is 2.76 bits per heavy atom. The SMILES string of the molecule is COc1cc(C(=O)NCc2cccnc2N(C)C)c2ccccc2n1. The number of aromatic nitrogens is 2. The standard InChI is InChI=1S/C19H20N4O2/c1-23(2)18-13(7-6-10-20-18)12-21-19(24)15-11-17(25-3)22-16-9-5-4-8-14(15)16/h4-11H,12H2,1-3H3,(H,21,24). The highest BCUT2D eigenvalue weighted by atomic mass is 16.5. The molecule has 0 aliphatic rings. The summed E-state index contributed by atoms with van der Waals surface area (Å²) in [7, 11) is 5.39.